The maximum absolute atomic E-state index is 12.7. The molecule has 4 aromatic heterocycles. The summed E-state index contributed by atoms with van der Waals surface area (Å²) in [6.07, 6.45) is 5.86. The molecule has 1 aliphatic carbocycles. The molecule has 3 atom stereocenters. The summed E-state index contributed by atoms with van der Waals surface area (Å²) in [5.41, 5.74) is 2.99. The van der Waals surface area contributed by atoms with E-state index in [1.54, 1.807) is 0 Å². The summed E-state index contributed by atoms with van der Waals surface area (Å²) in [5, 5.41) is 4.42. The lowest BCUT2D eigenvalue weighted by Gasteiger charge is -2.21. The molecule has 2 N–H and O–H groups in total. The van der Waals surface area contributed by atoms with E-state index in [1.165, 1.54) is 7.11 Å². The number of amides is 2. The van der Waals surface area contributed by atoms with E-state index in [9.17, 15) is 4.79 Å². The number of ether oxygens (including phenoxy) is 1. The predicted octanol–water partition coefficient (Wildman–Crippen LogP) is 3.20. The minimum absolute atomic E-state index is 0.117. The number of aromatic amines is 1. The van der Waals surface area contributed by atoms with E-state index in [2.05, 4.69) is 42.2 Å². The zero-order chi connectivity index (χ0) is 21.1. The van der Waals surface area contributed by atoms with Crippen LogP contribution in [0.1, 0.15) is 24.7 Å². The fraction of sp³-hybridized carbons (Fsp3) is 0.450. The van der Waals surface area contributed by atoms with Crippen LogP contribution in [0.5, 0.6) is 6.01 Å². The van der Waals surface area contributed by atoms with E-state index in [-0.39, 0.29) is 12.0 Å². The number of nitrogens with one attached hydrogen (secondary N) is 2. The molecule has 2 amide bonds. The lowest BCUT2D eigenvalue weighted by atomic mass is 10.0. The Labute approximate surface area is 181 Å². The van der Waals surface area contributed by atoms with Crippen LogP contribution >= 0.6 is 11.5 Å². The molecular formula is C20H22N8O2S. The van der Waals surface area contributed by atoms with Gasteiger partial charge in [-0.3, -0.25) is 5.32 Å². The van der Waals surface area contributed by atoms with E-state index in [0.717, 1.165) is 65.4 Å². The standard InChI is InChI=1S/C20H22N8O2S/c1-10-23-15-7-22-17-14(3-4-21-17)16(15)28(10)13-5-11-8-27(9-12(11)6-13)20(29)25-19-24-18(30-2)26-31-19/h3-4,7,11-13H,5-6,8-9H2,1-2H3,(H,21,22)(H,24,25,26,29)/t11-,12+,13?. The molecule has 0 spiro atoms. The summed E-state index contributed by atoms with van der Waals surface area (Å²) in [7, 11) is 1.51. The second-order valence-corrected chi connectivity index (χ2v) is 9.08. The fourth-order valence-electron chi connectivity index (χ4n) is 5.31. The number of anilines is 1. The number of carbonyl (C=O) groups is 1. The van der Waals surface area contributed by atoms with Gasteiger partial charge in [-0.15, -0.1) is 4.37 Å². The number of aromatic nitrogens is 6. The number of H-pyrrole nitrogens is 1. The molecule has 31 heavy (non-hydrogen) atoms. The Morgan fingerprint density at radius 2 is 2.10 bits per heavy atom. The van der Waals surface area contributed by atoms with Gasteiger partial charge in [-0.2, -0.15) is 4.98 Å². The van der Waals surface area contributed by atoms with Crippen molar-refractivity contribution in [1.82, 2.24) is 33.8 Å². The van der Waals surface area contributed by atoms with Gasteiger partial charge in [-0.05, 0) is 37.7 Å². The van der Waals surface area contributed by atoms with Gasteiger partial charge in [-0.25, -0.2) is 14.8 Å². The topological polar surface area (TPSA) is 114 Å². The lowest BCUT2D eigenvalue weighted by Crippen LogP contribution is -2.34. The number of nitrogens with zero attached hydrogens (tertiary/aromatic N) is 6. The third-order valence-electron chi connectivity index (χ3n) is 6.59. The van der Waals surface area contributed by atoms with Crippen LogP contribution in [0.3, 0.4) is 0 Å². The SMILES string of the molecule is COc1nsc(NC(=O)N2C[C@H]3CC(n4c(C)nc5cnc6[nH]ccc6c54)C[C@H]3C2)n1. The van der Waals surface area contributed by atoms with Crippen LogP contribution in [0.25, 0.3) is 22.1 Å². The summed E-state index contributed by atoms with van der Waals surface area (Å²) in [5.74, 6) is 2.00. The zero-order valence-electron chi connectivity index (χ0n) is 17.2. The van der Waals surface area contributed by atoms with Gasteiger partial charge in [0.1, 0.15) is 17.0 Å². The number of hydrogen-bond donors (Lipinski definition) is 2. The van der Waals surface area contributed by atoms with Crippen LogP contribution in [-0.4, -0.2) is 60.0 Å². The second kappa shape index (κ2) is 6.91. The van der Waals surface area contributed by atoms with Crippen LogP contribution in [-0.2, 0) is 0 Å². The Morgan fingerprint density at radius 1 is 1.29 bits per heavy atom. The first kappa shape index (κ1) is 18.6. The number of pyridine rings is 1. The minimum atomic E-state index is -0.117. The molecule has 2 aliphatic rings. The average molecular weight is 439 g/mol. The Balaban J connectivity index is 1.20. The Morgan fingerprint density at radius 3 is 2.84 bits per heavy atom. The van der Waals surface area contributed by atoms with Gasteiger partial charge in [0, 0.05) is 42.2 Å². The maximum atomic E-state index is 12.7. The number of urea groups is 1. The van der Waals surface area contributed by atoms with E-state index in [4.69, 9.17) is 9.72 Å². The van der Waals surface area contributed by atoms with Crippen molar-refractivity contribution in [3.63, 3.8) is 0 Å². The lowest BCUT2D eigenvalue weighted by molar-refractivity contribution is 0.217. The molecule has 160 valence electrons. The maximum Gasteiger partial charge on any atom is 0.329 e. The molecule has 0 radical (unpaired) electrons. The molecule has 1 saturated heterocycles. The Bertz CT molecular complexity index is 1280. The number of rotatable bonds is 3. The van der Waals surface area contributed by atoms with Gasteiger partial charge >= 0.3 is 12.0 Å². The zero-order valence-corrected chi connectivity index (χ0v) is 18.0. The highest BCUT2D eigenvalue weighted by atomic mass is 32.1. The number of aryl methyl sites for hydroxylation is 1. The van der Waals surface area contributed by atoms with Crippen molar-refractivity contribution in [2.75, 3.05) is 25.5 Å². The molecule has 0 aromatic carbocycles. The summed E-state index contributed by atoms with van der Waals surface area (Å²) in [6, 6.07) is 2.62. The fourth-order valence-corrected chi connectivity index (χ4v) is 5.85. The van der Waals surface area contributed by atoms with Gasteiger partial charge in [0.05, 0.1) is 18.8 Å². The van der Waals surface area contributed by atoms with E-state index in [0.29, 0.717) is 23.0 Å². The number of carbonyl (C=O) groups excluding carboxylic acids is 1. The van der Waals surface area contributed by atoms with E-state index in [1.807, 2.05) is 17.3 Å². The van der Waals surface area contributed by atoms with E-state index >= 15 is 0 Å². The highest BCUT2D eigenvalue weighted by Crippen LogP contribution is 2.46. The van der Waals surface area contributed by atoms with Gasteiger partial charge in [-0.1, -0.05) is 0 Å². The molecule has 10 nitrogen and oxygen atoms in total. The van der Waals surface area contributed by atoms with E-state index < -0.39 is 0 Å². The number of fused-ring (bicyclic) bond motifs is 4. The molecule has 4 aromatic rings. The third-order valence-corrected chi connectivity index (χ3v) is 7.21. The van der Waals surface area contributed by atoms with Crippen LogP contribution < -0.4 is 10.1 Å². The molecule has 0 bridgehead atoms. The van der Waals surface area contributed by atoms with Crippen LogP contribution in [0.2, 0.25) is 0 Å². The van der Waals surface area contributed by atoms with Crippen LogP contribution in [0.15, 0.2) is 18.5 Å². The molecular weight excluding hydrogens is 416 g/mol. The largest absolute Gasteiger partial charge is 0.466 e. The third kappa shape index (κ3) is 2.94. The van der Waals surface area contributed by atoms with Crippen LogP contribution in [0.4, 0.5) is 9.93 Å². The normalized spacial score (nSPS) is 23.0. The smallest absolute Gasteiger partial charge is 0.329 e. The molecule has 1 saturated carbocycles. The van der Waals surface area contributed by atoms with Crippen molar-refractivity contribution in [3.05, 3.63) is 24.3 Å². The van der Waals surface area contributed by atoms with Crippen molar-refractivity contribution in [2.45, 2.75) is 25.8 Å². The minimum Gasteiger partial charge on any atom is -0.466 e. The molecule has 2 fully saturated rings. The van der Waals surface area contributed by atoms with Crippen molar-refractivity contribution >= 4 is 44.8 Å². The van der Waals surface area contributed by atoms with Gasteiger partial charge < -0.3 is 19.2 Å². The molecule has 11 heteroatoms. The van der Waals surface area contributed by atoms with Gasteiger partial charge in [0.25, 0.3) is 0 Å². The van der Waals surface area contributed by atoms with Crippen molar-refractivity contribution < 1.29 is 9.53 Å². The molecule has 1 unspecified atom stereocenters. The first-order chi connectivity index (χ1) is 15.1. The first-order valence-electron chi connectivity index (χ1n) is 10.3. The number of likely N-dealkylation sites (tertiary alicyclic amines) is 1. The Kier molecular flexibility index (Phi) is 4.13. The molecule has 1 aliphatic heterocycles. The average Bonchev–Trinajstić information content (AvgIpc) is 3.53. The summed E-state index contributed by atoms with van der Waals surface area (Å²) in [6.45, 7) is 3.59. The summed E-state index contributed by atoms with van der Waals surface area (Å²) >= 11 is 1.12. The Hall–Kier alpha value is -3.21. The molecule has 5 heterocycles. The highest BCUT2D eigenvalue weighted by molar-refractivity contribution is 7.10. The number of hydrogen-bond acceptors (Lipinski definition) is 7. The first-order valence-corrected chi connectivity index (χ1v) is 11.1. The monoisotopic (exact) mass is 438 g/mol. The predicted molar refractivity (Wildman–Crippen MR) is 116 cm³/mol. The quantitative estimate of drug-likeness (QED) is 0.508. The number of methoxy groups -OCH3 is 1. The van der Waals surface area contributed by atoms with Crippen molar-refractivity contribution in [2.24, 2.45) is 11.8 Å². The highest BCUT2D eigenvalue weighted by Gasteiger charge is 2.43. The van der Waals surface area contributed by atoms with Crippen molar-refractivity contribution in [3.8, 4) is 6.01 Å². The van der Waals surface area contributed by atoms with Gasteiger partial charge in [0.2, 0.25) is 5.13 Å². The second-order valence-electron chi connectivity index (χ2n) is 8.33. The summed E-state index contributed by atoms with van der Waals surface area (Å²) in [4.78, 5) is 31.2. The van der Waals surface area contributed by atoms with Crippen molar-refractivity contribution in [1.29, 1.82) is 0 Å². The van der Waals surface area contributed by atoms with Gasteiger partial charge in [0.15, 0.2) is 0 Å². The summed E-state index contributed by atoms with van der Waals surface area (Å²) < 4.78 is 11.4. The molecule has 6 rings (SSSR count). The number of imidazole rings is 1. The van der Waals surface area contributed by atoms with Crippen LogP contribution in [0, 0.1) is 18.8 Å².